The van der Waals surface area contributed by atoms with Gasteiger partial charge >= 0.3 is 12.0 Å². The van der Waals surface area contributed by atoms with Crippen molar-refractivity contribution in [2.75, 3.05) is 18.4 Å². The van der Waals surface area contributed by atoms with Crippen LogP contribution < -0.4 is 10.6 Å². The lowest BCUT2D eigenvalue weighted by Gasteiger charge is -2.42. The third-order valence-electron chi connectivity index (χ3n) is 5.04. The number of carboxylic acids is 1. The second kappa shape index (κ2) is 7.86. The Morgan fingerprint density at radius 1 is 1.15 bits per heavy atom. The van der Waals surface area contributed by atoms with E-state index in [1.54, 1.807) is 24.3 Å². The van der Waals surface area contributed by atoms with Gasteiger partial charge in [0, 0.05) is 29.9 Å². The van der Waals surface area contributed by atoms with Gasteiger partial charge in [-0.15, -0.1) is 0 Å². The second-order valence-electron chi connectivity index (χ2n) is 7.32. The summed E-state index contributed by atoms with van der Waals surface area (Å²) in [4.78, 5) is 36.4. The summed E-state index contributed by atoms with van der Waals surface area (Å²) in [5.41, 5.74) is 1.23. The Kier molecular flexibility index (Phi) is 5.56. The van der Waals surface area contributed by atoms with Crippen molar-refractivity contribution in [2.24, 2.45) is 5.92 Å². The highest BCUT2D eigenvalue weighted by Crippen LogP contribution is 2.33. The van der Waals surface area contributed by atoms with Crippen LogP contribution in [-0.2, 0) is 4.79 Å². The fraction of sp³-hybridized carbons (Fsp3) is 0.526. The van der Waals surface area contributed by atoms with E-state index in [1.165, 1.54) is 19.8 Å². The molecule has 3 rings (SSSR count). The summed E-state index contributed by atoms with van der Waals surface area (Å²) in [6.07, 6.45) is 3.93. The van der Waals surface area contributed by atoms with Gasteiger partial charge in [-0.25, -0.2) is 4.79 Å². The van der Waals surface area contributed by atoms with Gasteiger partial charge in [-0.1, -0.05) is 0 Å². The Balaban J connectivity index is 1.43. The number of ketones is 1. The van der Waals surface area contributed by atoms with E-state index in [9.17, 15) is 14.4 Å². The van der Waals surface area contributed by atoms with Crippen LogP contribution in [0.5, 0.6) is 0 Å². The zero-order valence-electron chi connectivity index (χ0n) is 14.9. The fourth-order valence-electron chi connectivity index (χ4n) is 3.29. The number of carbonyl (C=O) groups excluding carboxylic acids is 2. The molecule has 0 spiro atoms. The molecule has 2 aliphatic carbocycles. The number of anilines is 1. The number of Topliss-reactive ketones (excluding diaryl/α,β-unsaturated/α-hetero) is 1. The zero-order valence-corrected chi connectivity index (χ0v) is 14.9. The van der Waals surface area contributed by atoms with E-state index < -0.39 is 5.97 Å². The number of hydrogen-bond acceptors (Lipinski definition) is 4. The standard InChI is InChI=1S/C19H25N3O4/c1-12(23)14-4-6-15(7-5-14)20-19(26)21-16-8-17(9-16)22(11-18(24)25)10-13-2-3-13/h4-7,13,16-17H,2-3,8-11H2,1H3,(H,24,25)(H2,20,21,26). The average Bonchev–Trinajstić information content (AvgIpc) is 3.34. The van der Waals surface area contributed by atoms with Crippen molar-refractivity contribution >= 4 is 23.5 Å². The van der Waals surface area contributed by atoms with Gasteiger partial charge in [-0.3, -0.25) is 14.5 Å². The van der Waals surface area contributed by atoms with E-state index in [2.05, 4.69) is 10.6 Å². The zero-order chi connectivity index (χ0) is 18.7. The van der Waals surface area contributed by atoms with Gasteiger partial charge in [0.05, 0.1) is 6.54 Å². The largest absolute Gasteiger partial charge is 0.480 e. The molecule has 0 aliphatic heterocycles. The van der Waals surface area contributed by atoms with E-state index >= 15 is 0 Å². The molecule has 1 aromatic carbocycles. The number of aliphatic carboxylic acids is 1. The smallest absolute Gasteiger partial charge is 0.319 e. The van der Waals surface area contributed by atoms with Crippen LogP contribution >= 0.6 is 0 Å². The van der Waals surface area contributed by atoms with Crippen LogP contribution in [0.4, 0.5) is 10.5 Å². The number of carbonyl (C=O) groups is 3. The van der Waals surface area contributed by atoms with Crippen molar-refractivity contribution in [2.45, 2.75) is 44.7 Å². The first-order chi connectivity index (χ1) is 12.4. The van der Waals surface area contributed by atoms with Crippen molar-refractivity contribution < 1.29 is 19.5 Å². The van der Waals surface area contributed by atoms with Gasteiger partial charge in [0.25, 0.3) is 0 Å². The van der Waals surface area contributed by atoms with Gasteiger partial charge < -0.3 is 15.7 Å². The molecule has 2 amide bonds. The number of urea groups is 1. The molecule has 0 atom stereocenters. The first-order valence-electron chi connectivity index (χ1n) is 9.05. The molecule has 0 aromatic heterocycles. The lowest BCUT2D eigenvalue weighted by molar-refractivity contribution is -0.139. The molecule has 0 radical (unpaired) electrons. The predicted molar refractivity (Wildman–Crippen MR) is 97.3 cm³/mol. The second-order valence-corrected chi connectivity index (χ2v) is 7.32. The van der Waals surface area contributed by atoms with E-state index in [-0.39, 0.29) is 30.4 Å². The Bertz CT molecular complexity index is 679. The molecule has 7 nitrogen and oxygen atoms in total. The molecule has 26 heavy (non-hydrogen) atoms. The molecular weight excluding hydrogens is 334 g/mol. The lowest BCUT2D eigenvalue weighted by atomic mass is 9.85. The molecule has 7 heteroatoms. The number of carboxylic acid groups (broad SMARTS) is 1. The van der Waals surface area contributed by atoms with E-state index in [0.717, 1.165) is 19.4 Å². The van der Waals surface area contributed by atoms with Crippen molar-refractivity contribution in [1.29, 1.82) is 0 Å². The summed E-state index contributed by atoms with van der Waals surface area (Å²) >= 11 is 0. The third kappa shape index (κ3) is 5.05. The number of benzene rings is 1. The van der Waals surface area contributed by atoms with Crippen LogP contribution in [0, 0.1) is 5.92 Å². The van der Waals surface area contributed by atoms with Gasteiger partial charge in [0.15, 0.2) is 5.78 Å². The van der Waals surface area contributed by atoms with Crippen LogP contribution in [-0.4, -0.2) is 53.0 Å². The Morgan fingerprint density at radius 2 is 1.81 bits per heavy atom. The SMILES string of the molecule is CC(=O)c1ccc(NC(=O)NC2CC(N(CC(=O)O)CC3CC3)C2)cc1. The van der Waals surface area contributed by atoms with Crippen LogP contribution in [0.3, 0.4) is 0 Å². The van der Waals surface area contributed by atoms with Gasteiger partial charge in [0.2, 0.25) is 0 Å². The normalized spacial score (nSPS) is 21.8. The summed E-state index contributed by atoms with van der Waals surface area (Å²) < 4.78 is 0. The van der Waals surface area contributed by atoms with E-state index in [1.807, 2.05) is 4.90 Å². The summed E-state index contributed by atoms with van der Waals surface area (Å²) in [6, 6.07) is 6.77. The summed E-state index contributed by atoms with van der Waals surface area (Å²) in [6.45, 7) is 2.42. The number of nitrogens with one attached hydrogen (secondary N) is 2. The first kappa shape index (κ1) is 18.4. The monoisotopic (exact) mass is 359 g/mol. The van der Waals surface area contributed by atoms with Crippen LogP contribution in [0.25, 0.3) is 0 Å². The topological polar surface area (TPSA) is 98.7 Å². The van der Waals surface area contributed by atoms with Gasteiger partial charge in [-0.2, -0.15) is 0 Å². The van der Waals surface area contributed by atoms with Crippen molar-refractivity contribution in [3.8, 4) is 0 Å². The van der Waals surface area contributed by atoms with E-state index in [4.69, 9.17) is 5.11 Å². The first-order valence-corrected chi connectivity index (χ1v) is 9.05. The van der Waals surface area contributed by atoms with Crippen molar-refractivity contribution in [3.05, 3.63) is 29.8 Å². The van der Waals surface area contributed by atoms with Crippen molar-refractivity contribution in [1.82, 2.24) is 10.2 Å². The number of hydrogen-bond donors (Lipinski definition) is 3. The Hall–Kier alpha value is -2.41. The Labute approximate surface area is 152 Å². The highest BCUT2D eigenvalue weighted by Gasteiger charge is 2.37. The molecule has 140 valence electrons. The maximum absolute atomic E-state index is 12.1. The van der Waals surface area contributed by atoms with Crippen LogP contribution in [0.15, 0.2) is 24.3 Å². The van der Waals surface area contributed by atoms with Crippen LogP contribution in [0.1, 0.15) is 43.0 Å². The van der Waals surface area contributed by atoms with Crippen LogP contribution in [0.2, 0.25) is 0 Å². The highest BCUT2D eigenvalue weighted by molar-refractivity contribution is 5.95. The third-order valence-corrected chi connectivity index (χ3v) is 5.04. The summed E-state index contributed by atoms with van der Waals surface area (Å²) in [5.74, 6) is -0.171. The molecule has 0 saturated heterocycles. The molecule has 3 N–H and O–H groups in total. The minimum Gasteiger partial charge on any atom is -0.480 e. The molecular formula is C19H25N3O4. The van der Waals surface area contributed by atoms with Crippen molar-refractivity contribution in [3.63, 3.8) is 0 Å². The maximum atomic E-state index is 12.1. The molecule has 2 aliphatic rings. The molecule has 0 bridgehead atoms. The molecule has 1 aromatic rings. The van der Waals surface area contributed by atoms with E-state index in [0.29, 0.717) is 17.2 Å². The fourth-order valence-corrected chi connectivity index (χ4v) is 3.29. The average molecular weight is 359 g/mol. The number of nitrogens with zero attached hydrogens (tertiary/aromatic N) is 1. The Morgan fingerprint density at radius 3 is 2.35 bits per heavy atom. The minimum atomic E-state index is -0.797. The molecule has 2 fully saturated rings. The number of rotatable bonds is 8. The highest BCUT2D eigenvalue weighted by atomic mass is 16.4. The molecule has 0 unspecified atom stereocenters. The molecule has 0 heterocycles. The number of amides is 2. The summed E-state index contributed by atoms with van der Waals surface area (Å²) in [5, 5.41) is 14.7. The van der Waals surface area contributed by atoms with Gasteiger partial charge in [-0.05, 0) is 62.8 Å². The minimum absolute atomic E-state index is 0.0152. The quantitative estimate of drug-likeness (QED) is 0.619. The maximum Gasteiger partial charge on any atom is 0.319 e. The van der Waals surface area contributed by atoms with Gasteiger partial charge in [0.1, 0.15) is 0 Å². The summed E-state index contributed by atoms with van der Waals surface area (Å²) in [7, 11) is 0. The molecule has 2 saturated carbocycles. The lowest BCUT2D eigenvalue weighted by Crippen LogP contribution is -2.55. The predicted octanol–water partition coefficient (Wildman–Crippen LogP) is 2.34.